The van der Waals surface area contributed by atoms with Crippen LogP contribution in [0.25, 0.3) is 0 Å². The summed E-state index contributed by atoms with van der Waals surface area (Å²) in [5, 5.41) is 0. The standard InChI is InChI=1S/C16H23NO2/c1-2-19-16(18)12-14-8-10-17(11-9-14)13-15-6-4-3-5-7-15/h3-7,14H,2,8-13H2,1H3. The Labute approximate surface area is 115 Å². The van der Waals surface area contributed by atoms with Crippen LogP contribution in [0.2, 0.25) is 0 Å². The van der Waals surface area contributed by atoms with E-state index in [2.05, 4.69) is 35.2 Å². The summed E-state index contributed by atoms with van der Waals surface area (Å²) in [6.07, 6.45) is 2.80. The normalized spacial score (nSPS) is 17.3. The molecule has 1 fully saturated rings. The first-order valence-corrected chi connectivity index (χ1v) is 7.20. The Morgan fingerprint density at radius 3 is 2.58 bits per heavy atom. The van der Waals surface area contributed by atoms with Crippen LogP contribution in [0.1, 0.15) is 31.7 Å². The molecule has 3 nitrogen and oxygen atoms in total. The van der Waals surface area contributed by atoms with Crippen LogP contribution in [0, 0.1) is 5.92 Å². The maximum Gasteiger partial charge on any atom is 0.306 e. The minimum absolute atomic E-state index is 0.0380. The van der Waals surface area contributed by atoms with Crippen molar-refractivity contribution in [2.45, 2.75) is 32.7 Å². The molecule has 1 aromatic rings. The van der Waals surface area contributed by atoms with E-state index >= 15 is 0 Å². The van der Waals surface area contributed by atoms with Gasteiger partial charge in [-0.2, -0.15) is 0 Å². The van der Waals surface area contributed by atoms with Crippen molar-refractivity contribution >= 4 is 5.97 Å². The number of piperidine rings is 1. The van der Waals surface area contributed by atoms with Gasteiger partial charge in [-0.15, -0.1) is 0 Å². The SMILES string of the molecule is CCOC(=O)CC1CCN(Cc2ccccc2)CC1. The smallest absolute Gasteiger partial charge is 0.306 e. The van der Waals surface area contributed by atoms with Crippen molar-refractivity contribution in [3.8, 4) is 0 Å². The Morgan fingerprint density at radius 1 is 1.26 bits per heavy atom. The first-order chi connectivity index (χ1) is 9.28. The molecule has 0 saturated carbocycles. The summed E-state index contributed by atoms with van der Waals surface area (Å²) in [7, 11) is 0. The molecule has 0 unspecified atom stereocenters. The lowest BCUT2D eigenvalue weighted by Gasteiger charge is -2.31. The maximum atomic E-state index is 11.4. The van der Waals surface area contributed by atoms with Gasteiger partial charge in [-0.1, -0.05) is 30.3 Å². The molecule has 1 aromatic carbocycles. The average molecular weight is 261 g/mol. The Morgan fingerprint density at radius 2 is 1.95 bits per heavy atom. The van der Waals surface area contributed by atoms with Crippen LogP contribution in [-0.2, 0) is 16.1 Å². The van der Waals surface area contributed by atoms with Crippen LogP contribution in [0.4, 0.5) is 0 Å². The number of rotatable bonds is 5. The molecule has 0 bridgehead atoms. The molecule has 0 N–H and O–H groups in total. The predicted octanol–water partition coefficient (Wildman–Crippen LogP) is 2.85. The molecule has 0 radical (unpaired) electrons. The van der Waals surface area contributed by atoms with Crippen molar-refractivity contribution in [2.24, 2.45) is 5.92 Å². The minimum atomic E-state index is -0.0380. The van der Waals surface area contributed by atoms with Crippen molar-refractivity contribution < 1.29 is 9.53 Å². The fraction of sp³-hybridized carbons (Fsp3) is 0.562. The summed E-state index contributed by atoms with van der Waals surface area (Å²) >= 11 is 0. The lowest BCUT2D eigenvalue weighted by atomic mass is 9.93. The monoisotopic (exact) mass is 261 g/mol. The molecule has 0 atom stereocenters. The lowest BCUT2D eigenvalue weighted by molar-refractivity contribution is -0.144. The maximum absolute atomic E-state index is 11.4. The molecule has 1 heterocycles. The van der Waals surface area contributed by atoms with Gasteiger partial charge in [0.2, 0.25) is 0 Å². The molecule has 0 amide bonds. The summed E-state index contributed by atoms with van der Waals surface area (Å²) in [5.74, 6) is 0.468. The predicted molar refractivity (Wildman–Crippen MR) is 75.7 cm³/mol. The van der Waals surface area contributed by atoms with E-state index in [-0.39, 0.29) is 5.97 Å². The third-order valence-corrected chi connectivity index (χ3v) is 3.72. The number of carbonyl (C=O) groups is 1. The molecule has 19 heavy (non-hydrogen) atoms. The van der Waals surface area contributed by atoms with Crippen molar-refractivity contribution in [3.63, 3.8) is 0 Å². The number of hydrogen-bond acceptors (Lipinski definition) is 3. The number of carbonyl (C=O) groups excluding carboxylic acids is 1. The van der Waals surface area contributed by atoms with Gasteiger partial charge in [0.15, 0.2) is 0 Å². The summed E-state index contributed by atoms with van der Waals surface area (Å²) in [6.45, 7) is 5.54. The zero-order valence-electron chi connectivity index (χ0n) is 11.7. The lowest BCUT2D eigenvalue weighted by Crippen LogP contribution is -2.34. The largest absolute Gasteiger partial charge is 0.466 e. The molecule has 0 aliphatic carbocycles. The summed E-state index contributed by atoms with van der Waals surface area (Å²) in [5.41, 5.74) is 1.37. The highest BCUT2D eigenvalue weighted by Crippen LogP contribution is 2.22. The van der Waals surface area contributed by atoms with Crippen LogP contribution in [-0.4, -0.2) is 30.6 Å². The van der Waals surface area contributed by atoms with E-state index in [1.165, 1.54) is 5.56 Å². The van der Waals surface area contributed by atoms with Crippen LogP contribution < -0.4 is 0 Å². The second-order valence-corrected chi connectivity index (χ2v) is 5.21. The first kappa shape index (κ1) is 14.1. The Kier molecular flexibility index (Phi) is 5.40. The van der Waals surface area contributed by atoms with E-state index in [9.17, 15) is 4.79 Å². The van der Waals surface area contributed by atoms with Gasteiger partial charge in [-0.3, -0.25) is 9.69 Å². The zero-order chi connectivity index (χ0) is 13.5. The van der Waals surface area contributed by atoms with E-state index in [0.29, 0.717) is 18.9 Å². The Bertz CT molecular complexity index is 383. The van der Waals surface area contributed by atoms with E-state index in [1.54, 1.807) is 0 Å². The molecular weight excluding hydrogens is 238 g/mol. The highest BCUT2D eigenvalue weighted by molar-refractivity contribution is 5.69. The second kappa shape index (κ2) is 7.29. The van der Waals surface area contributed by atoms with E-state index in [1.807, 2.05) is 6.92 Å². The van der Waals surface area contributed by atoms with Gasteiger partial charge >= 0.3 is 5.97 Å². The van der Waals surface area contributed by atoms with E-state index < -0.39 is 0 Å². The molecule has 1 saturated heterocycles. The van der Waals surface area contributed by atoms with Gasteiger partial charge < -0.3 is 4.74 Å². The van der Waals surface area contributed by atoms with Crippen molar-refractivity contribution in [1.29, 1.82) is 0 Å². The van der Waals surface area contributed by atoms with E-state index in [4.69, 9.17) is 4.74 Å². The van der Waals surface area contributed by atoms with Crippen molar-refractivity contribution in [3.05, 3.63) is 35.9 Å². The third kappa shape index (κ3) is 4.67. The number of hydrogen-bond donors (Lipinski definition) is 0. The summed E-state index contributed by atoms with van der Waals surface area (Å²) < 4.78 is 5.01. The molecule has 2 rings (SSSR count). The Hall–Kier alpha value is -1.35. The fourth-order valence-electron chi connectivity index (χ4n) is 2.65. The fourth-order valence-corrected chi connectivity index (χ4v) is 2.65. The zero-order valence-corrected chi connectivity index (χ0v) is 11.7. The molecular formula is C16H23NO2. The quantitative estimate of drug-likeness (QED) is 0.763. The molecule has 104 valence electrons. The van der Waals surface area contributed by atoms with Gasteiger partial charge in [-0.05, 0) is 44.3 Å². The van der Waals surface area contributed by atoms with Gasteiger partial charge in [0.25, 0.3) is 0 Å². The van der Waals surface area contributed by atoms with Crippen LogP contribution in [0.15, 0.2) is 30.3 Å². The summed E-state index contributed by atoms with van der Waals surface area (Å²) in [4.78, 5) is 13.9. The van der Waals surface area contributed by atoms with Crippen LogP contribution in [0.5, 0.6) is 0 Å². The molecule has 1 aliphatic rings. The average Bonchev–Trinajstić information content (AvgIpc) is 2.42. The molecule has 3 heteroatoms. The Balaban J connectivity index is 1.72. The van der Waals surface area contributed by atoms with Crippen molar-refractivity contribution in [2.75, 3.05) is 19.7 Å². The summed E-state index contributed by atoms with van der Waals surface area (Å²) in [6, 6.07) is 10.6. The van der Waals surface area contributed by atoms with E-state index in [0.717, 1.165) is 32.5 Å². The number of nitrogens with zero attached hydrogens (tertiary/aromatic N) is 1. The topological polar surface area (TPSA) is 29.5 Å². The first-order valence-electron chi connectivity index (χ1n) is 7.20. The highest BCUT2D eigenvalue weighted by atomic mass is 16.5. The van der Waals surface area contributed by atoms with Gasteiger partial charge in [0, 0.05) is 13.0 Å². The third-order valence-electron chi connectivity index (χ3n) is 3.72. The van der Waals surface area contributed by atoms with Crippen molar-refractivity contribution in [1.82, 2.24) is 4.90 Å². The number of esters is 1. The van der Waals surface area contributed by atoms with Gasteiger partial charge in [-0.25, -0.2) is 0 Å². The highest BCUT2D eigenvalue weighted by Gasteiger charge is 2.21. The van der Waals surface area contributed by atoms with Gasteiger partial charge in [0.05, 0.1) is 6.61 Å². The second-order valence-electron chi connectivity index (χ2n) is 5.21. The van der Waals surface area contributed by atoms with Crippen LogP contribution in [0.3, 0.4) is 0 Å². The minimum Gasteiger partial charge on any atom is -0.466 e. The molecule has 0 aromatic heterocycles. The number of benzene rings is 1. The molecule has 1 aliphatic heterocycles. The molecule has 0 spiro atoms. The van der Waals surface area contributed by atoms with Gasteiger partial charge in [0.1, 0.15) is 0 Å². The number of ether oxygens (including phenoxy) is 1. The van der Waals surface area contributed by atoms with Crippen LogP contribution >= 0.6 is 0 Å². The number of likely N-dealkylation sites (tertiary alicyclic amines) is 1.